The zero-order chi connectivity index (χ0) is 17.8. The SMILES string of the molecule is CCC(=O)N[C@H]1C(C)(C)[C@@H]2C[C@@H]3[C@@H](c4cccc(C)c4)OCCC31C2. The van der Waals surface area contributed by atoms with Gasteiger partial charge in [-0.1, -0.05) is 50.6 Å². The molecule has 2 bridgehead atoms. The van der Waals surface area contributed by atoms with E-state index in [9.17, 15) is 4.79 Å². The largest absolute Gasteiger partial charge is 0.373 e. The summed E-state index contributed by atoms with van der Waals surface area (Å²) in [5, 5.41) is 3.43. The second-order valence-electron chi connectivity index (χ2n) is 9.11. The Labute approximate surface area is 151 Å². The van der Waals surface area contributed by atoms with E-state index in [1.165, 1.54) is 24.0 Å². The van der Waals surface area contributed by atoms with Gasteiger partial charge in [-0.2, -0.15) is 0 Å². The molecule has 1 aliphatic heterocycles. The number of rotatable bonds is 3. The standard InChI is InChI=1S/C22H31NO2/c1-5-18(24)23-20-21(3,4)16-12-17-19(15-8-6-7-14(2)11-15)25-10-9-22(17,20)13-16/h6-8,11,16-17,19-20H,5,9-10,12-13H2,1-4H3,(H,23,24)/t16-,17-,19-,20+,22?/m1/s1. The number of nitrogens with one attached hydrogen (secondary N) is 1. The van der Waals surface area contributed by atoms with Gasteiger partial charge in [0.15, 0.2) is 0 Å². The summed E-state index contributed by atoms with van der Waals surface area (Å²) in [5.41, 5.74) is 2.98. The van der Waals surface area contributed by atoms with Crippen LogP contribution in [0.2, 0.25) is 0 Å². The lowest BCUT2D eigenvalue weighted by molar-refractivity contribution is -0.137. The number of ether oxygens (including phenoxy) is 1. The number of hydrogen-bond donors (Lipinski definition) is 1. The number of benzene rings is 1. The molecule has 1 spiro atoms. The fourth-order valence-corrected chi connectivity index (χ4v) is 6.23. The summed E-state index contributed by atoms with van der Waals surface area (Å²) in [6.07, 6.45) is 4.29. The molecule has 1 aromatic rings. The van der Waals surface area contributed by atoms with Gasteiger partial charge < -0.3 is 10.1 Å². The topological polar surface area (TPSA) is 38.3 Å². The van der Waals surface area contributed by atoms with Crippen LogP contribution < -0.4 is 5.32 Å². The second kappa shape index (κ2) is 5.84. The number of fused-ring (bicyclic) bond motifs is 1. The van der Waals surface area contributed by atoms with Crippen molar-refractivity contribution in [3.63, 3.8) is 0 Å². The van der Waals surface area contributed by atoms with Gasteiger partial charge in [0.25, 0.3) is 0 Å². The van der Waals surface area contributed by atoms with Crippen LogP contribution in [-0.2, 0) is 9.53 Å². The average molecular weight is 341 g/mol. The van der Waals surface area contributed by atoms with E-state index in [1.807, 2.05) is 6.92 Å². The van der Waals surface area contributed by atoms with E-state index in [0.717, 1.165) is 13.0 Å². The molecule has 2 saturated carbocycles. The molecule has 2 aliphatic carbocycles. The van der Waals surface area contributed by atoms with Crippen molar-refractivity contribution in [2.75, 3.05) is 6.61 Å². The molecule has 3 aliphatic rings. The summed E-state index contributed by atoms with van der Waals surface area (Å²) in [6.45, 7) is 9.62. The molecule has 1 aromatic carbocycles. The molecule has 0 aromatic heterocycles. The quantitative estimate of drug-likeness (QED) is 0.885. The first-order chi connectivity index (χ1) is 11.9. The maximum atomic E-state index is 12.3. The normalized spacial score (nSPS) is 38.4. The van der Waals surface area contributed by atoms with E-state index in [4.69, 9.17) is 4.74 Å². The van der Waals surface area contributed by atoms with E-state index >= 15 is 0 Å². The summed E-state index contributed by atoms with van der Waals surface area (Å²) >= 11 is 0. The highest BCUT2D eigenvalue weighted by Gasteiger charge is 2.68. The Morgan fingerprint density at radius 2 is 2.16 bits per heavy atom. The van der Waals surface area contributed by atoms with Gasteiger partial charge in [-0.05, 0) is 54.4 Å². The van der Waals surface area contributed by atoms with Gasteiger partial charge in [-0.15, -0.1) is 0 Å². The first-order valence-corrected chi connectivity index (χ1v) is 9.86. The molecule has 1 amide bonds. The van der Waals surface area contributed by atoms with Gasteiger partial charge in [-0.25, -0.2) is 0 Å². The molecule has 0 radical (unpaired) electrons. The monoisotopic (exact) mass is 341 g/mol. The number of hydrogen-bond acceptors (Lipinski definition) is 2. The molecule has 1 unspecified atom stereocenters. The average Bonchev–Trinajstić information content (AvgIpc) is 3.07. The fraction of sp³-hybridized carbons (Fsp3) is 0.682. The summed E-state index contributed by atoms with van der Waals surface area (Å²) in [4.78, 5) is 12.3. The third-order valence-corrected chi connectivity index (χ3v) is 7.50. The Hall–Kier alpha value is -1.35. The number of aryl methyl sites for hydroxylation is 1. The smallest absolute Gasteiger partial charge is 0.219 e. The van der Waals surface area contributed by atoms with Crippen LogP contribution in [0.4, 0.5) is 0 Å². The number of carbonyl (C=O) groups excluding carboxylic acids is 1. The van der Waals surface area contributed by atoms with Crippen molar-refractivity contribution >= 4 is 5.91 Å². The van der Waals surface area contributed by atoms with Gasteiger partial charge >= 0.3 is 0 Å². The van der Waals surface area contributed by atoms with E-state index in [1.54, 1.807) is 0 Å². The van der Waals surface area contributed by atoms with Crippen molar-refractivity contribution in [3.05, 3.63) is 35.4 Å². The van der Waals surface area contributed by atoms with Crippen LogP contribution in [0.5, 0.6) is 0 Å². The summed E-state index contributed by atoms with van der Waals surface area (Å²) in [7, 11) is 0. The lowest BCUT2D eigenvalue weighted by Crippen LogP contribution is -2.58. The van der Waals surface area contributed by atoms with E-state index in [2.05, 4.69) is 50.4 Å². The molecule has 1 N–H and O–H groups in total. The molecule has 4 rings (SSSR count). The highest BCUT2D eigenvalue weighted by molar-refractivity contribution is 5.76. The third-order valence-electron chi connectivity index (χ3n) is 7.50. The van der Waals surface area contributed by atoms with Crippen molar-refractivity contribution in [1.82, 2.24) is 5.32 Å². The minimum atomic E-state index is 0.176. The van der Waals surface area contributed by atoms with Crippen LogP contribution in [0, 0.1) is 29.6 Å². The fourth-order valence-electron chi connectivity index (χ4n) is 6.23. The first-order valence-electron chi connectivity index (χ1n) is 9.86. The predicted octanol–water partition coefficient (Wildman–Crippen LogP) is 4.40. The molecular formula is C22H31NO2. The van der Waals surface area contributed by atoms with Crippen LogP contribution in [-0.4, -0.2) is 18.6 Å². The van der Waals surface area contributed by atoms with Crippen molar-refractivity contribution < 1.29 is 9.53 Å². The molecule has 1 heterocycles. The molecule has 5 atom stereocenters. The minimum Gasteiger partial charge on any atom is -0.373 e. The van der Waals surface area contributed by atoms with E-state index in [-0.39, 0.29) is 28.9 Å². The molecule has 136 valence electrons. The third kappa shape index (κ3) is 2.46. The molecule has 3 fully saturated rings. The highest BCUT2D eigenvalue weighted by atomic mass is 16.5. The van der Waals surface area contributed by atoms with Crippen molar-refractivity contribution in [2.45, 2.75) is 65.5 Å². The first kappa shape index (κ1) is 17.1. The Balaban J connectivity index is 1.70. The maximum Gasteiger partial charge on any atom is 0.219 e. The zero-order valence-electron chi connectivity index (χ0n) is 16.0. The maximum absolute atomic E-state index is 12.3. The molecule has 1 saturated heterocycles. The zero-order valence-corrected chi connectivity index (χ0v) is 16.0. The van der Waals surface area contributed by atoms with Crippen LogP contribution in [0.25, 0.3) is 0 Å². The van der Waals surface area contributed by atoms with Crippen LogP contribution in [0.15, 0.2) is 24.3 Å². The summed E-state index contributed by atoms with van der Waals surface area (Å²) < 4.78 is 6.32. The van der Waals surface area contributed by atoms with E-state index in [0.29, 0.717) is 18.3 Å². The second-order valence-corrected chi connectivity index (χ2v) is 9.11. The van der Waals surface area contributed by atoms with Gasteiger partial charge in [0.05, 0.1) is 6.10 Å². The van der Waals surface area contributed by atoms with Crippen LogP contribution >= 0.6 is 0 Å². The van der Waals surface area contributed by atoms with Crippen LogP contribution in [0.1, 0.15) is 63.7 Å². The van der Waals surface area contributed by atoms with Gasteiger partial charge in [0, 0.05) is 19.1 Å². The Bertz CT molecular complexity index is 682. The summed E-state index contributed by atoms with van der Waals surface area (Å²) in [6, 6.07) is 9.06. The lowest BCUT2D eigenvalue weighted by Gasteiger charge is -2.53. The van der Waals surface area contributed by atoms with Gasteiger partial charge in [0.1, 0.15) is 0 Å². The van der Waals surface area contributed by atoms with E-state index < -0.39 is 0 Å². The van der Waals surface area contributed by atoms with Gasteiger partial charge in [0.2, 0.25) is 5.91 Å². The Kier molecular flexibility index (Phi) is 3.99. The highest BCUT2D eigenvalue weighted by Crippen LogP contribution is 2.70. The minimum absolute atomic E-state index is 0.176. The summed E-state index contributed by atoms with van der Waals surface area (Å²) in [5.74, 6) is 1.38. The van der Waals surface area contributed by atoms with Gasteiger partial charge in [-0.3, -0.25) is 4.79 Å². The number of carbonyl (C=O) groups is 1. The Morgan fingerprint density at radius 1 is 1.36 bits per heavy atom. The van der Waals surface area contributed by atoms with Crippen molar-refractivity contribution in [3.8, 4) is 0 Å². The molecular weight excluding hydrogens is 310 g/mol. The predicted molar refractivity (Wildman–Crippen MR) is 99.1 cm³/mol. The molecule has 3 nitrogen and oxygen atoms in total. The number of amides is 1. The molecule has 25 heavy (non-hydrogen) atoms. The van der Waals surface area contributed by atoms with Crippen molar-refractivity contribution in [2.24, 2.45) is 22.7 Å². The van der Waals surface area contributed by atoms with Crippen molar-refractivity contribution in [1.29, 1.82) is 0 Å². The Morgan fingerprint density at radius 3 is 2.88 bits per heavy atom. The van der Waals surface area contributed by atoms with Crippen LogP contribution in [0.3, 0.4) is 0 Å². The lowest BCUT2D eigenvalue weighted by atomic mass is 9.58. The molecule has 3 heteroatoms.